The summed E-state index contributed by atoms with van der Waals surface area (Å²) in [6.07, 6.45) is 8.89. The smallest absolute Gasteiger partial charge is 1.00 e. The van der Waals surface area contributed by atoms with Crippen molar-refractivity contribution in [2.45, 2.75) is 77.7 Å². The van der Waals surface area contributed by atoms with Crippen molar-refractivity contribution in [2.75, 3.05) is 5.75 Å². The minimum atomic E-state index is -4.10. The predicted molar refractivity (Wildman–Crippen MR) is 80.3 cm³/mol. The number of unbranched alkanes of at least 4 members (excludes halogenated alkanes) is 7. The number of hydrogen-bond donors (Lipinski definition) is 1. The molecule has 0 aliphatic carbocycles. The fourth-order valence-electron chi connectivity index (χ4n) is 2.15. The van der Waals surface area contributed by atoms with Crippen LogP contribution in [0.3, 0.4) is 0 Å². The van der Waals surface area contributed by atoms with Gasteiger partial charge in [0.15, 0.2) is 0 Å². The van der Waals surface area contributed by atoms with Gasteiger partial charge in [-0.1, -0.05) is 51.9 Å². The number of esters is 1. The van der Waals surface area contributed by atoms with Gasteiger partial charge >= 0.3 is 35.5 Å². The van der Waals surface area contributed by atoms with Crippen LogP contribution in [0.1, 0.15) is 73.1 Å². The average Bonchev–Trinajstić information content (AvgIpc) is 2.29. The fourth-order valence-corrected chi connectivity index (χ4v) is 2.86. The first-order valence-corrected chi connectivity index (χ1v) is 9.08. The van der Waals surface area contributed by atoms with Crippen LogP contribution in [0.25, 0.3) is 0 Å². The van der Waals surface area contributed by atoms with Gasteiger partial charge in [0.25, 0.3) is 10.1 Å². The summed E-state index contributed by atoms with van der Waals surface area (Å²) in [7, 11) is -4.10. The van der Waals surface area contributed by atoms with E-state index in [2.05, 4.69) is 6.92 Å². The Kier molecular flexibility index (Phi) is 15.8. The van der Waals surface area contributed by atoms with Crippen LogP contribution in [0.5, 0.6) is 0 Å². The zero-order chi connectivity index (χ0) is 15.4. The normalized spacial score (nSPS) is 12.5. The molecular weight excluding hydrogens is 303 g/mol. The molecule has 0 rings (SSSR count). The van der Waals surface area contributed by atoms with E-state index in [-0.39, 0.29) is 31.0 Å². The van der Waals surface area contributed by atoms with Crippen LogP contribution in [0.2, 0.25) is 0 Å². The molecule has 0 saturated heterocycles. The molecule has 0 aromatic carbocycles. The van der Waals surface area contributed by atoms with Crippen LogP contribution in [-0.4, -0.2) is 30.8 Å². The van der Waals surface area contributed by atoms with Crippen LogP contribution in [0, 0.1) is 0 Å². The number of rotatable bonds is 12. The molecule has 1 unspecified atom stereocenters. The maximum Gasteiger partial charge on any atom is 1.00 e. The maximum atomic E-state index is 10.9. The Bertz CT molecular complexity index is 362. The molecule has 1 atom stereocenters. The van der Waals surface area contributed by atoms with E-state index in [1.54, 1.807) is 0 Å². The van der Waals surface area contributed by atoms with Crippen molar-refractivity contribution in [2.24, 2.45) is 0 Å². The molecule has 0 aromatic rings. The predicted octanol–water partition coefficient (Wildman–Crippen LogP) is 0.453. The Hall–Kier alpha value is 0.380. The van der Waals surface area contributed by atoms with Gasteiger partial charge in [0, 0.05) is 6.92 Å². The summed E-state index contributed by atoms with van der Waals surface area (Å²) in [5, 5.41) is 0. The zero-order valence-corrected chi connectivity index (χ0v) is 16.5. The van der Waals surface area contributed by atoms with Gasteiger partial charge in [-0.25, -0.2) is 0 Å². The molecule has 7 heteroatoms. The van der Waals surface area contributed by atoms with E-state index in [4.69, 9.17) is 9.29 Å². The molecular formula is C14H29NaO5S. The second-order valence-corrected chi connectivity index (χ2v) is 6.74. The first-order valence-electron chi connectivity index (χ1n) is 7.47. The van der Waals surface area contributed by atoms with Crippen molar-refractivity contribution in [3.8, 4) is 0 Å². The third-order valence-electron chi connectivity index (χ3n) is 3.11. The van der Waals surface area contributed by atoms with E-state index >= 15 is 0 Å². The Morgan fingerprint density at radius 1 is 1.10 bits per heavy atom. The monoisotopic (exact) mass is 332 g/mol. The quantitative estimate of drug-likeness (QED) is 0.243. The maximum absolute atomic E-state index is 10.9. The van der Waals surface area contributed by atoms with E-state index in [9.17, 15) is 13.2 Å². The number of hydrogen-bond acceptors (Lipinski definition) is 4. The number of ether oxygens (including phenoxy) is 1. The van der Waals surface area contributed by atoms with Crippen molar-refractivity contribution >= 4 is 16.1 Å². The summed E-state index contributed by atoms with van der Waals surface area (Å²) in [5.41, 5.74) is 0. The van der Waals surface area contributed by atoms with Crippen LogP contribution in [0.15, 0.2) is 0 Å². The molecule has 0 spiro atoms. The molecule has 1 N–H and O–H groups in total. The third kappa shape index (κ3) is 18.3. The molecule has 21 heavy (non-hydrogen) atoms. The molecule has 0 fully saturated rings. The zero-order valence-electron chi connectivity index (χ0n) is 14.6. The van der Waals surface area contributed by atoms with E-state index in [1.165, 1.54) is 39.0 Å². The summed E-state index contributed by atoms with van der Waals surface area (Å²) in [5.74, 6) is -1.03. The van der Waals surface area contributed by atoms with Gasteiger partial charge in [-0.05, 0) is 12.8 Å². The Morgan fingerprint density at radius 2 is 1.57 bits per heavy atom. The molecule has 0 amide bonds. The molecule has 122 valence electrons. The van der Waals surface area contributed by atoms with Crippen LogP contribution >= 0.6 is 0 Å². The summed E-state index contributed by atoms with van der Waals surface area (Å²) >= 11 is 0. The van der Waals surface area contributed by atoms with Gasteiger partial charge in [-0.2, -0.15) is 8.42 Å². The Balaban J connectivity index is -0.00000180. The van der Waals surface area contributed by atoms with E-state index in [1.807, 2.05) is 0 Å². The second-order valence-electron chi connectivity index (χ2n) is 5.24. The molecule has 5 nitrogen and oxygen atoms in total. The minimum absolute atomic E-state index is 0. The van der Waals surface area contributed by atoms with Crippen molar-refractivity contribution < 1.29 is 53.5 Å². The van der Waals surface area contributed by atoms with Gasteiger partial charge in [0.1, 0.15) is 11.9 Å². The van der Waals surface area contributed by atoms with Gasteiger partial charge < -0.3 is 6.16 Å². The summed E-state index contributed by atoms with van der Waals surface area (Å²) < 4.78 is 35.4. The van der Waals surface area contributed by atoms with Crippen molar-refractivity contribution in [1.29, 1.82) is 0 Å². The summed E-state index contributed by atoms with van der Waals surface area (Å²) in [4.78, 5) is 10.9. The number of carbonyl (C=O) groups is 1. The largest absolute Gasteiger partial charge is 1.00 e. The van der Waals surface area contributed by atoms with Gasteiger partial charge in [-0.15, -0.1) is 0 Å². The fraction of sp³-hybridized carbons (Fsp3) is 0.929. The third-order valence-corrected chi connectivity index (χ3v) is 3.90. The molecule has 0 bridgehead atoms. The van der Waals surface area contributed by atoms with Crippen LogP contribution in [0.4, 0.5) is 0 Å². The molecule has 0 aliphatic rings. The summed E-state index contributed by atoms with van der Waals surface area (Å²) in [6.45, 7) is 3.43. The molecule has 0 radical (unpaired) electrons. The molecule has 0 saturated carbocycles. The minimum Gasteiger partial charge on any atom is -1.00 e. The SMILES string of the molecule is CCCCCCCCCCC(CS(=O)(=O)O)OC(C)=O.[H-].[Na+]. The number of carbonyl (C=O) groups excluding carboxylic acids is 1. The summed E-state index contributed by atoms with van der Waals surface area (Å²) in [6, 6.07) is 0. The standard InChI is InChI=1S/C14H28O5S.Na.H/c1-3-4-5-6-7-8-9-10-11-14(19-13(2)15)12-20(16,17)18;;/h14H,3-12H2,1-2H3,(H,16,17,18);;/q;+1;-1. The van der Waals surface area contributed by atoms with E-state index in [0.717, 1.165) is 19.3 Å². The molecule has 0 heterocycles. The Morgan fingerprint density at radius 3 is 2.00 bits per heavy atom. The first kappa shape index (κ1) is 23.6. The molecule has 0 aromatic heterocycles. The molecule has 0 aliphatic heterocycles. The second kappa shape index (κ2) is 14.0. The van der Waals surface area contributed by atoms with E-state index in [0.29, 0.717) is 6.42 Å². The van der Waals surface area contributed by atoms with Gasteiger partial charge in [-0.3, -0.25) is 9.35 Å². The van der Waals surface area contributed by atoms with Crippen molar-refractivity contribution in [1.82, 2.24) is 0 Å². The van der Waals surface area contributed by atoms with Crippen LogP contribution in [-0.2, 0) is 19.6 Å². The van der Waals surface area contributed by atoms with E-state index < -0.39 is 27.9 Å². The Labute approximate surface area is 152 Å². The van der Waals surface area contributed by atoms with Gasteiger partial charge in [0.05, 0.1) is 0 Å². The van der Waals surface area contributed by atoms with Crippen LogP contribution < -0.4 is 29.6 Å². The van der Waals surface area contributed by atoms with Crippen molar-refractivity contribution in [3.63, 3.8) is 0 Å². The topological polar surface area (TPSA) is 80.7 Å². The van der Waals surface area contributed by atoms with Gasteiger partial charge in [0.2, 0.25) is 0 Å². The van der Waals surface area contributed by atoms with Crippen molar-refractivity contribution in [3.05, 3.63) is 0 Å². The first-order chi connectivity index (χ1) is 9.35. The average molecular weight is 332 g/mol.